The molecular formula is C25H23ClN4O3S. The topological polar surface area (TPSA) is 92.3 Å². The van der Waals surface area contributed by atoms with E-state index in [1.54, 1.807) is 7.11 Å². The molecule has 0 radical (unpaired) electrons. The van der Waals surface area contributed by atoms with Crippen molar-refractivity contribution in [1.29, 1.82) is 0 Å². The summed E-state index contributed by atoms with van der Waals surface area (Å²) < 4.78 is 13.0. The molecule has 0 fully saturated rings. The molecule has 1 amide bonds. The fourth-order valence-corrected chi connectivity index (χ4v) is 4.49. The quantitative estimate of drug-likeness (QED) is 0.324. The van der Waals surface area contributed by atoms with Gasteiger partial charge in [0, 0.05) is 5.02 Å². The van der Waals surface area contributed by atoms with Gasteiger partial charge >= 0.3 is 0 Å². The van der Waals surface area contributed by atoms with Crippen LogP contribution in [0.1, 0.15) is 22.2 Å². The molecule has 0 spiro atoms. The Bertz CT molecular complexity index is 1280. The maximum absolute atomic E-state index is 12.3. The standard InChI is InChI=1S/C25H23ClN4O3S/c1-16-8-9-18(14-21(16)26)30-22(15-33-20-12-10-19(32-2)11-13-20)28-29-25(30)34-23(24(27)31)17-6-4-3-5-7-17/h3-14,23H,15H2,1-2H3,(H2,27,31). The number of aromatic nitrogens is 3. The average molecular weight is 495 g/mol. The van der Waals surface area contributed by atoms with Crippen LogP contribution in [-0.2, 0) is 11.4 Å². The molecule has 3 aromatic carbocycles. The van der Waals surface area contributed by atoms with Gasteiger partial charge in [-0.3, -0.25) is 9.36 Å². The smallest absolute Gasteiger partial charge is 0.235 e. The number of carbonyl (C=O) groups excluding carboxylic acids is 1. The van der Waals surface area contributed by atoms with Crippen LogP contribution in [0.15, 0.2) is 78.0 Å². The fraction of sp³-hybridized carbons (Fsp3) is 0.160. The molecule has 4 rings (SSSR count). The van der Waals surface area contributed by atoms with E-state index < -0.39 is 11.2 Å². The lowest BCUT2D eigenvalue weighted by Gasteiger charge is -2.16. The van der Waals surface area contributed by atoms with Crippen molar-refractivity contribution in [3.05, 3.63) is 94.8 Å². The third-order valence-electron chi connectivity index (χ3n) is 5.13. The minimum Gasteiger partial charge on any atom is -0.497 e. The van der Waals surface area contributed by atoms with E-state index in [0.717, 1.165) is 22.6 Å². The molecule has 2 N–H and O–H groups in total. The van der Waals surface area contributed by atoms with Crippen LogP contribution in [0.4, 0.5) is 0 Å². The van der Waals surface area contributed by atoms with Crippen LogP contribution < -0.4 is 15.2 Å². The molecule has 7 nitrogen and oxygen atoms in total. The van der Waals surface area contributed by atoms with Gasteiger partial charge in [0.05, 0.1) is 12.8 Å². The first-order chi connectivity index (χ1) is 16.5. The average Bonchev–Trinajstić information content (AvgIpc) is 3.26. The van der Waals surface area contributed by atoms with E-state index in [1.807, 2.05) is 84.3 Å². The van der Waals surface area contributed by atoms with Crippen molar-refractivity contribution in [3.8, 4) is 17.2 Å². The van der Waals surface area contributed by atoms with Crippen LogP contribution in [0.2, 0.25) is 5.02 Å². The van der Waals surface area contributed by atoms with Crippen LogP contribution in [0.3, 0.4) is 0 Å². The molecule has 0 bridgehead atoms. The Morgan fingerprint density at radius 1 is 1.06 bits per heavy atom. The molecule has 0 aliphatic heterocycles. The highest BCUT2D eigenvalue weighted by Gasteiger charge is 2.25. The Labute approximate surface area is 206 Å². The summed E-state index contributed by atoms with van der Waals surface area (Å²) in [7, 11) is 1.61. The number of carbonyl (C=O) groups is 1. The molecule has 1 unspecified atom stereocenters. The third-order valence-corrected chi connectivity index (χ3v) is 6.75. The lowest BCUT2D eigenvalue weighted by Crippen LogP contribution is -2.19. The van der Waals surface area contributed by atoms with Gasteiger partial charge in [0.1, 0.15) is 23.4 Å². The summed E-state index contributed by atoms with van der Waals surface area (Å²) in [5.41, 5.74) is 8.23. The van der Waals surface area contributed by atoms with Gasteiger partial charge < -0.3 is 15.2 Å². The van der Waals surface area contributed by atoms with Gasteiger partial charge in [-0.2, -0.15) is 0 Å². The van der Waals surface area contributed by atoms with Gasteiger partial charge in [-0.1, -0.05) is 59.8 Å². The highest BCUT2D eigenvalue weighted by atomic mass is 35.5. The number of methoxy groups -OCH3 is 1. The largest absolute Gasteiger partial charge is 0.497 e. The van der Waals surface area contributed by atoms with Gasteiger partial charge in [-0.05, 0) is 54.4 Å². The normalized spacial score (nSPS) is 11.7. The lowest BCUT2D eigenvalue weighted by atomic mass is 10.1. The second kappa shape index (κ2) is 10.6. The summed E-state index contributed by atoms with van der Waals surface area (Å²) in [6.45, 7) is 2.08. The van der Waals surface area contributed by atoms with Crippen molar-refractivity contribution in [1.82, 2.24) is 14.8 Å². The first-order valence-corrected chi connectivity index (χ1v) is 11.7. The molecule has 0 saturated carbocycles. The number of benzene rings is 3. The van der Waals surface area contributed by atoms with Gasteiger partial charge in [0.2, 0.25) is 5.91 Å². The van der Waals surface area contributed by atoms with Crippen molar-refractivity contribution in [2.45, 2.75) is 23.9 Å². The minimum absolute atomic E-state index is 0.151. The summed E-state index contributed by atoms with van der Waals surface area (Å²) in [4.78, 5) is 12.3. The first kappa shape index (κ1) is 23.7. The molecule has 0 aliphatic carbocycles. The maximum Gasteiger partial charge on any atom is 0.235 e. The van der Waals surface area contributed by atoms with E-state index in [9.17, 15) is 4.79 Å². The van der Waals surface area contributed by atoms with Crippen molar-refractivity contribution in [3.63, 3.8) is 0 Å². The Hall–Kier alpha value is -3.49. The molecule has 0 aliphatic rings. The zero-order valence-corrected chi connectivity index (χ0v) is 20.2. The van der Waals surface area contributed by atoms with Crippen molar-refractivity contribution in [2.75, 3.05) is 7.11 Å². The van der Waals surface area contributed by atoms with E-state index in [-0.39, 0.29) is 6.61 Å². The SMILES string of the molecule is COc1ccc(OCc2nnc(SC(C(N)=O)c3ccccc3)n2-c2ccc(C)c(Cl)c2)cc1. The monoisotopic (exact) mass is 494 g/mol. The Kier molecular flexibility index (Phi) is 7.40. The van der Waals surface area contributed by atoms with Crippen molar-refractivity contribution >= 4 is 29.3 Å². The summed E-state index contributed by atoms with van der Waals surface area (Å²) in [5.74, 6) is 1.48. The molecule has 1 heterocycles. The summed E-state index contributed by atoms with van der Waals surface area (Å²) in [5, 5.41) is 9.18. The number of hydrogen-bond acceptors (Lipinski definition) is 6. The number of hydrogen-bond donors (Lipinski definition) is 1. The maximum atomic E-state index is 12.3. The van der Waals surface area contributed by atoms with Crippen LogP contribution in [-0.4, -0.2) is 27.8 Å². The number of halogens is 1. The van der Waals surface area contributed by atoms with Crippen molar-refractivity contribution in [2.24, 2.45) is 5.73 Å². The highest BCUT2D eigenvalue weighted by Crippen LogP contribution is 2.36. The summed E-state index contributed by atoms with van der Waals surface area (Å²) >= 11 is 7.64. The predicted octanol–water partition coefficient (Wildman–Crippen LogP) is 5.14. The summed E-state index contributed by atoms with van der Waals surface area (Å²) in [6.07, 6.45) is 0. The number of thioether (sulfide) groups is 1. The van der Waals surface area contributed by atoms with Crippen LogP contribution in [0.25, 0.3) is 5.69 Å². The second-order valence-electron chi connectivity index (χ2n) is 7.44. The number of amides is 1. The number of primary amides is 1. The lowest BCUT2D eigenvalue weighted by molar-refractivity contribution is -0.117. The number of ether oxygens (including phenoxy) is 2. The second-order valence-corrected chi connectivity index (χ2v) is 8.92. The highest BCUT2D eigenvalue weighted by molar-refractivity contribution is 8.00. The van der Waals surface area contributed by atoms with Gasteiger partial charge in [0.25, 0.3) is 0 Å². The Morgan fingerprint density at radius 2 is 1.76 bits per heavy atom. The molecule has 4 aromatic rings. The van der Waals surface area contributed by atoms with Crippen LogP contribution in [0.5, 0.6) is 11.5 Å². The molecule has 1 atom stereocenters. The number of nitrogens with zero attached hydrogens (tertiary/aromatic N) is 3. The molecular weight excluding hydrogens is 472 g/mol. The Morgan fingerprint density at radius 3 is 2.41 bits per heavy atom. The number of aryl methyl sites for hydroxylation is 1. The van der Waals surface area contributed by atoms with Crippen LogP contribution in [0, 0.1) is 6.92 Å². The Balaban J connectivity index is 1.69. The van der Waals surface area contributed by atoms with Gasteiger partial charge in [-0.15, -0.1) is 10.2 Å². The fourth-order valence-electron chi connectivity index (χ4n) is 3.29. The molecule has 0 saturated heterocycles. The first-order valence-electron chi connectivity index (χ1n) is 10.4. The van der Waals surface area contributed by atoms with E-state index in [1.165, 1.54) is 11.8 Å². The van der Waals surface area contributed by atoms with E-state index in [4.69, 9.17) is 26.8 Å². The molecule has 174 valence electrons. The third kappa shape index (κ3) is 5.35. The minimum atomic E-state index is -0.638. The zero-order valence-electron chi connectivity index (χ0n) is 18.6. The van der Waals surface area contributed by atoms with E-state index >= 15 is 0 Å². The van der Waals surface area contributed by atoms with Gasteiger partial charge in [0.15, 0.2) is 11.0 Å². The number of rotatable bonds is 9. The van der Waals surface area contributed by atoms with Crippen LogP contribution >= 0.6 is 23.4 Å². The van der Waals surface area contributed by atoms with Crippen molar-refractivity contribution < 1.29 is 14.3 Å². The van der Waals surface area contributed by atoms with Gasteiger partial charge in [-0.25, -0.2) is 0 Å². The molecule has 9 heteroatoms. The molecule has 34 heavy (non-hydrogen) atoms. The zero-order chi connectivity index (χ0) is 24.1. The number of nitrogens with two attached hydrogens (primary N) is 1. The van der Waals surface area contributed by atoms with E-state index in [0.29, 0.717) is 21.8 Å². The summed E-state index contributed by atoms with van der Waals surface area (Å²) in [6, 6.07) is 22.3. The predicted molar refractivity (Wildman–Crippen MR) is 133 cm³/mol. The molecule has 1 aromatic heterocycles. The van der Waals surface area contributed by atoms with E-state index in [2.05, 4.69) is 10.2 Å².